The Morgan fingerprint density at radius 3 is 2.65 bits per heavy atom. The molecule has 2 aromatic carbocycles. The lowest BCUT2D eigenvalue weighted by molar-refractivity contribution is 0.780. The van der Waals surface area contributed by atoms with Crippen LogP contribution in [0.15, 0.2) is 36.4 Å². The van der Waals surface area contributed by atoms with Crippen molar-refractivity contribution in [2.45, 2.75) is 26.2 Å². The standard InChI is InChI=1S/C20H18Cl3N3/c1-12-5-7-14(11-18(12)23)26-20-15(4-2-3-9-24-20)19(25-26)16-10-13(21)6-8-17(16)22/h5-8,10-11,24H,2-4,9H2,1H3. The summed E-state index contributed by atoms with van der Waals surface area (Å²) in [5.41, 5.74) is 4.87. The highest BCUT2D eigenvalue weighted by Gasteiger charge is 2.23. The summed E-state index contributed by atoms with van der Waals surface area (Å²) >= 11 is 19.0. The average molecular weight is 407 g/mol. The third-order valence-corrected chi connectivity index (χ3v) is 5.68. The van der Waals surface area contributed by atoms with Crippen molar-refractivity contribution in [3.05, 3.63) is 62.6 Å². The number of rotatable bonds is 2. The van der Waals surface area contributed by atoms with Crippen LogP contribution in [0.2, 0.25) is 15.1 Å². The fraction of sp³-hybridized carbons (Fsp3) is 0.250. The summed E-state index contributed by atoms with van der Waals surface area (Å²) < 4.78 is 1.93. The second-order valence-electron chi connectivity index (χ2n) is 6.53. The Labute approximate surface area is 167 Å². The minimum absolute atomic E-state index is 0.646. The lowest BCUT2D eigenvalue weighted by Gasteiger charge is -2.10. The van der Waals surface area contributed by atoms with Crippen LogP contribution in [-0.4, -0.2) is 16.3 Å². The number of nitrogens with one attached hydrogen (secondary N) is 1. The molecule has 0 bridgehead atoms. The number of aryl methyl sites for hydroxylation is 1. The summed E-state index contributed by atoms with van der Waals surface area (Å²) in [5.74, 6) is 1.01. The van der Waals surface area contributed by atoms with Crippen LogP contribution in [-0.2, 0) is 6.42 Å². The molecule has 26 heavy (non-hydrogen) atoms. The molecule has 0 atom stereocenters. The Hall–Kier alpha value is -1.68. The number of fused-ring (bicyclic) bond motifs is 1. The van der Waals surface area contributed by atoms with Gasteiger partial charge in [-0.1, -0.05) is 40.9 Å². The molecule has 1 N–H and O–H groups in total. The average Bonchev–Trinajstić information content (AvgIpc) is 2.81. The van der Waals surface area contributed by atoms with E-state index < -0.39 is 0 Å². The summed E-state index contributed by atoms with van der Waals surface area (Å²) in [4.78, 5) is 0. The van der Waals surface area contributed by atoms with Crippen LogP contribution in [0.25, 0.3) is 16.9 Å². The number of anilines is 1. The Morgan fingerprint density at radius 1 is 1.00 bits per heavy atom. The molecule has 3 nitrogen and oxygen atoms in total. The van der Waals surface area contributed by atoms with Crippen LogP contribution >= 0.6 is 34.8 Å². The number of benzene rings is 2. The Balaban J connectivity index is 1.94. The summed E-state index contributed by atoms with van der Waals surface area (Å²) in [6.45, 7) is 2.91. The van der Waals surface area contributed by atoms with Gasteiger partial charge in [0.25, 0.3) is 0 Å². The van der Waals surface area contributed by atoms with Gasteiger partial charge < -0.3 is 5.32 Å². The zero-order chi connectivity index (χ0) is 18.3. The van der Waals surface area contributed by atoms with Gasteiger partial charge in [0.15, 0.2) is 0 Å². The summed E-state index contributed by atoms with van der Waals surface area (Å²) in [6, 6.07) is 11.5. The van der Waals surface area contributed by atoms with Crippen LogP contribution in [0, 0.1) is 6.92 Å². The minimum Gasteiger partial charge on any atom is -0.370 e. The number of halogens is 3. The zero-order valence-corrected chi connectivity index (χ0v) is 16.6. The quantitative estimate of drug-likeness (QED) is 0.522. The first-order chi connectivity index (χ1) is 12.5. The van der Waals surface area contributed by atoms with Crippen molar-refractivity contribution in [2.24, 2.45) is 0 Å². The first-order valence-corrected chi connectivity index (χ1v) is 9.75. The molecule has 1 aliphatic rings. The molecule has 4 rings (SSSR count). The van der Waals surface area contributed by atoms with Crippen molar-refractivity contribution in [3.8, 4) is 16.9 Å². The molecule has 0 radical (unpaired) electrons. The van der Waals surface area contributed by atoms with E-state index in [1.807, 2.05) is 41.9 Å². The smallest absolute Gasteiger partial charge is 0.133 e. The number of hydrogen-bond acceptors (Lipinski definition) is 2. The highest BCUT2D eigenvalue weighted by Crippen LogP contribution is 2.38. The van der Waals surface area contributed by atoms with E-state index in [4.69, 9.17) is 39.9 Å². The second-order valence-corrected chi connectivity index (χ2v) is 7.78. The lowest BCUT2D eigenvalue weighted by Crippen LogP contribution is -2.07. The van der Waals surface area contributed by atoms with Gasteiger partial charge in [0.2, 0.25) is 0 Å². The largest absolute Gasteiger partial charge is 0.370 e. The fourth-order valence-electron chi connectivity index (χ4n) is 3.30. The third-order valence-electron chi connectivity index (χ3n) is 4.71. The second kappa shape index (κ2) is 7.15. The monoisotopic (exact) mass is 405 g/mol. The predicted molar refractivity (Wildman–Crippen MR) is 110 cm³/mol. The van der Waals surface area contributed by atoms with Gasteiger partial charge in [0.1, 0.15) is 5.82 Å². The van der Waals surface area contributed by atoms with Crippen molar-refractivity contribution >= 4 is 40.6 Å². The van der Waals surface area contributed by atoms with Gasteiger partial charge in [-0.25, -0.2) is 4.68 Å². The van der Waals surface area contributed by atoms with Crippen molar-refractivity contribution in [1.29, 1.82) is 0 Å². The molecule has 1 aliphatic heterocycles. The molecule has 0 aliphatic carbocycles. The molecule has 0 saturated carbocycles. The third kappa shape index (κ3) is 3.20. The fourth-order valence-corrected chi connectivity index (χ4v) is 3.85. The number of nitrogens with zero attached hydrogens (tertiary/aromatic N) is 2. The van der Waals surface area contributed by atoms with Crippen molar-refractivity contribution < 1.29 is 0 Å². The van der Waals surface area contributed by atoms with Gasteiger partial charge in [0.05, 0.1) is 16.4 Å². The Morgan fingerprint density at radius 2 is 1.85 bits per heavy atom. The van der Waals surface area contributed by atoms with E-state index in [-0.39, 0.29) is 0 Å². The Kier molecular flexibility index (Phi) is 4.87. The molecule has 0 unspecified atom stereocenters. The SMILES string of the molecule is Cc1ccc(-n2nc(-c3cc(Cl)ccc3Cl)c3c2NCCCC3)cc1Cl. The van der Waals surface area contributed by atoms with Gasteiger partial charge in [-0.05, 0) is 62.1 Å². The molecular weight excluding hydrogens is 389 g/mol. The van der Waals surface area contributed by atoms with Crippen molar-refractivity contribution in [3.63, 3.8) is 0 Å². The van der Waals surface area contributed by atoms with E-state index in [0.29, 0.717) is 10.0 Å². The first kappa shape index (κ1) is 17.7. The number of aromatic nitrogens is 2. The van der Waals surface area contributed by atoms with Crippen molar-refractivity contribution in [2.75, 3.05) is 11.9 Å². The molecule has 0 spiro atoms. The molecule has 1 aromatic heterocycles. The van der Waals surface area contributed by atoms with E-state index >= 15 is 0 Å². The van der Waals surface area contributed by atoms with E-state index in [0.717, 1.165) is 59.2 Å². The molecule has 0 fully saturated rings. The van der Waals surface area contributed by atoms with Crippen LogP contribution in [0.4, 0.5) is 5.82 Å². The lowest BCUT2D eigenvalue weighted by atomic mass is 10.0. The van der Waals surface area contributed by atoms with Crippen LogP contribution in [0.3, 0.4) is 0 Å². The maximum absolute atomic E-state index is 6.47. The van der Waals surface area contributed by atoms with Crippen LogP contribution < -0.4 is 5.32 Å². The van der Waals surface area contributed by atoms with Crippen molar-refractivity contribution in [1.82, 2.24) is 9.78 Å². The van der Waals surface area contributed by atoms with E-state index in [9.17, 15) is 0 Å². The first-order valence-electron chi connectivity index (χ1n) is 8.62. The highest BCUT2D eigenvalue weighted by molar-refractivity contribution is 6.35. The zero-order valence-electron chi connectivity index (χ0n) is 14.3. The normalized spacial score (nSPS) is 13.8. The van der Waals surface area contributed by atoms with Gasteiger partial charge in [-0.3, -0.25) is 0 Å². The minimum atomic E-state index is 0.646. The van der Waals surface area contributed by atoms with E-state index in [1.54, 1.807) is 6.07 Å². The number of hydrogen-bond donors (Lipinski definition) is 1. The molecule has 0 saturated heterocycles. The molecular formula is C20H18Cl3N3. The Bertz CT molecular complexity index is 979. The van der Waals surface area contributed by atoms with Crippen LogP contribution in [0.5, 0.6) is 0 Å². The molecule has 6 heteroatoms. The van der Waals surface area contributed by atoms with Crippen LogP contribution in [0.1, 0.15) is 24.0 Å². The van der Waals surface area contributed by atoms with Gasteiger partial charge >= 0.3 is 0 Å². The maximum atomic E-state index is 6.47. The van der Waals surface area contributed by atoms with Gasteiger partial charge in [-0.2, -0.15) is 5.10 Å². The molecule has 2 heterocycles. The highest BCUT2D eigenvalue weighted by atomic mass is 35.5. The van der Waals surface area contributed by atoms with Gasteiger partial charge in [0, 0.05) is 27.7 Å². The molecule has 0 amide bonds. The molecule has 3 aromatic rings. The van der Waals surface area contributed by atoms with Gasteiger partial charge in [-0.15, -0.1) is 0 Å². The maximum Gasteiger partial charge on any atom is 0.133 e. The summed E-state index contributed by atoms with van der Waals surface area (Å²) in [7, 11) is 0. The van der Waals surface area contributed by atoms with E-state index in [1.165, 1.54) is 5.56 Å². The van der Waals surface area contributed by atoms with E-state index in [2.05, 4.69) is 5.32 Å². The predicted octanol–water partition coefficient (Wildman–Crippen LogP) is 6.56. The molecule has 134 valence electrons. The topological polar surface area (TPSA) is 29.9 Å². The summed E-state index contributed by atoms with van der Waals surface area (Å²) in [6.07, 6.45) is 3.16. The summed E-state index contributed by atoms with van der Waals surface area (Å²) in [5, 5.41) is 10.4.